The number of anilines is 1. The quantitative estimate of drug-likeness (QED) is 0.233. The van der Waals surface area contributed by atoms with Crippen molar-refractivity contribution in [3.8, 4) is 17.2 Å². The number of fused-ring (bicyclic) bond motifs is 1. The highest BCUT2D eigenvalue weighted by Gasteiger charge is 2.40. The van der Waals surface area contributed by atoms with Gasteiger partial charge in [0.25, 0.3) is 11.7 Å². The number of rotatable bonds is 6. The van der Waals surface area contributed by atoms with Gasteiger partial charge in [-0.25, -0.2) is 0 Å². The number of carbonyl (C=O) groups excluding carboxylic acids is 1. The zero-order valence-corrected chi connectivity index (χ0v) is 21.3. The number of amides is 1. The molecule has 0 bridgehead atoms. The molecule has 1 N–H and O–H groups in total. The highest BCUT2D eigenvalue weighted by molar-refractivity contribution is 6.32. The Labute approximate surface area is 227 Å². The maximum atomic E-state index is 13.9. The van der Waals surface area contributed by atoms with E-state index in [0.29, 0.717) is 16.1 Å². The fourth-order valence-corrected chi connectivity index (χ4v) is 3.89. The number of aryl methyl sites for hydroxylation is 2. The normalized spacial score (nSPS) is 11.9. The molecule has 4 aromatic rings. The van der Waals surface area contributed by atoms with E-state index >= 15 is 0 Å². The Morgan fingerprint density at radius 2 is 1.57 bits per heavy atom. The van der Waals surface area contributed by atoms with Gasteiger partial charge in [0, 0.05) is 11.1 Å². The number of halogens is 7. The van der Waals surface area contributed by atoms with E-state index in [1.165, 1.54) is 24.3 Å². The van der Waals surface area contributed by atoms with Gasteiger partial charge in [-0.3, -0.25) is 9.59 Å². The fourth-order valence-electron chi connectivity index (χ4n) is 3.78. The number of alkyl halides is 6. The summed E-state index contributed by atoms with van der Waals surface area (Å²) in [5.41, 5.74) is -2.18. The minimum absolute atomic E-state index is 0.0605. The van der Waals surface area contributed by atoms with Crippen molar-refractivity contribution in [2.45, 2.75) is 26.2 Å². The maximum absolute atomic E-state index is 13.9. The minimum Gasteiger partial charge on any atom is -0.484 e. The van der Waals surface area contributed by atoms with E-state index in [4.69, 9.17) is 25.5 Å². The molecule has 0 saturated carbocycles. The van der Waals surface area contributed by atoms with Gasteiger partial charge in [-0.05, 0) is 61.4 Å². The molecule has 1 amide bonds. The molecule has 3 aromatic carbocycles. The molecular weight excluding hydrogens is 568 g/mol. The van der Waals surface area contributed by atoms with Gasteiger partial charge < -0.3 is 19.2 Å². The van der Waals surface area contributed by atoms with E-state index in [0.717, 1.165) is 30.3 Å². The van der Waals surface area contributed by atoms with Crippen molar-refractivity contribution >= 4 is 34.2 Å². The molecule has 13 heteroatoms. The number of para-hydroxylation sites is 1. The lowest BCUT2D eigenvalue weighted by molar-refractivity contribution is -0.154. The third kappa shape index (κ3) is 6.17. The molecular formula is C27H18ClF6NO5. The smallest absolute Gasteiger partial charge is 0.453 e. The van der Waals surface area contributed by atoms with Crippen LogP contribution in [0.15, 0.2) is 63.8 Å². The summed E-state index contributed by atoms with van der Waals surface area (Å²) in [4.78, 5) is 25.2. The predicted molar refractivity (Wildman–Crippen MR) is 134 cm³/mol. The fraction of sp³-hybridized carbons (Fsp3) is 0.185. The molecule has 0 unspecified atom stereocenters. The average Bonchev–Trinajstić information content (AvgIpc) is 2.86. The van der Waals surface area contributed by atoms with Crippen LogP contribution in [-0.4, -0.2) is 12.5 Å². The van der Waals surface area contributed by atoms with Crippen molar-refractivity contribution in [2.24, 2.45) is 0 Å². The van der Waals surface area contributed by atoms with Crippen molar-refractivity contribution in [1.29, 1.82) is 0 Å². The topological polar surface area (TPSA) is 77.8 Å². The van der Waals surface area contributed by atoms with Gasteiger partial charge in [0.1, 0.15) is 17.1 Å². The summed E-state index contributed by atoms with van der Waals surface area (Å²) in [5.74, 6) is -3.99. The lowest BCUT2D eigenvalue weighted by atomic mass is 10.1. The van der Waals surface area contributed by atoms with Crippen molar-refractivity contribution in [1.82, 2.24) is 0 Å². The van der Waals surface area contributed by atoms with Gasteiger partial charge in [-0.1, -0.05) is 23.7 Å². The number of hydrogen-bond acceptors (Lipinski definition) is 5. The molecule has 0 saturated heterocycles. The van der Waals surface area contributed by atoms with Gasteiger partial charge >= 0.3 is 12.4 Å². The first kappa shape index (κ1) is 28.8. The second-order valence-electron chi connectivity index (χ2n) is 8.60. The number of ether oxygens (including phenoxy) is 2. The summed E-state index contributed by atoms with van der Waals surface area (Å²) < 4.78 is 96.6. The number of nitrogens with one attached hydrogen (secondary N) is 1. The monoisotopic (exact) mass is 585 g/mol. The van der Waals surface area contributed by atoms with Crippen LogP contribution in [0.1, 0.15) is 22.5 Å². The molecule has 0 aliphatic carbocycles. The Hall–Kier alpha value is -4.19. The van der Waals surface area contributed by atoms with E-state index < -0.39 is 58.6 Å². The van der Waals surface area contributed by atoms with Crippen molar-refractivity contribution in [3.63, 3.8) is 0 Å². The second-order valence-corrected chi connectivity index (χ2v) is 8.98. The molecule has 0 atom stereocenters. The van der Waals surface area contributed by atoms with E-state index in [9.17, 15) is 35.9 Å². The number of hydrogen-bond donors (Lipinski definition) is 1. The Morgan fingerprint density at radius 3 is 2.20 bits per heavy atom. The highest BCUT2D eigenvalue weighted by Crippen LogP contribution is 2.39. The predicted octanol–water partition coefficient (Wildman–Crippen LogP) is 7.91. The molecule has 0 aliphatic heterocycles. The molecule has 0 spiro atoms. The van der Waals surface area contributed by atoms with Crippen LogP contribution in [0.4, 0.5) is 32.0 Å². The first-order valence-corrected chi connectivity index (χ1v) is 11.7. The molecule has 4 rings (SSSR count). The maximum Gasteiger partial charge on any atom is 0.453 e. The van der Waals surface area contributed by atoms with Gasteiger partial charge in [0.05, 0.1) is 16.6 Å². The molecule has 1 aromatic heterocycles. The molecule has 0 radical (unpaired) electrons. The summed E-state index contributed by atoms with van der Waals surface area (Å²) in [6.07, 6.45) is -9.84. The summed E-state index contributed by atoms with van der Waals surface area (Å²) in [7, 11) is 0. The molecule has 40 heavy (non-hydrogen) atoms. The van der Waals surface area contributed by atoms with Crippen molar-refractivity contribution in [2.75, 3.05) is 11.9 Å². The van der Waals surface area contributed by atoms with E-state index in [-0.39, 0.29) is 16.9 Å². The zero-order chi connectivity index (χ0) is 29.4. The summed E-state index contributed by atoms with van der Waals surface area (Å²) in [5, 5.41) is 2.19. The summed E-state index contributed by atoms with van der Waals surface area (Å²) in [6.45, 7) is 2.45. The number of carbonyl (C=O) groups is 1. The van der Waals surface area contributed by atoms with Crippen LogP contribution in [0, 0.1) is 13.8 Å². The van der Waals surface area contributed by atoms with Crippen LogP contribution >= 0.6 is 11.6 Å². The first-order chi connectivity index (χ1) is 18.6. The van der Waals surface area contributed by atoms with Crippen LogP contribution in [0.2, 0.25) is 5.02 Å². The van der Waals surface area contributed by atoms with Crippen molar-refractivity contribution in [3.05, 3.63) is 92.3 Å². The Balaban J connectivity index is 1.61. The van der Waals surface area contributed by atoms with Crippen molar-refractivity contribution < 1.29 is 45.0 Å². The Morgan fingerprint density at radius 1 is 0.925 bits per heavy atom. The van der Waals surface area contributed by atoms with Gasteiger partial charge in [-0.2, -0.15) is 26.3 Å². The van der Waals surface area contributed by atoms with Crippen LogP contribution in [0.5, 0.6) is 17.2 Å². The third-order valence-electron chi connectivity index (χ3n) is 5.59. The Bertz CT molecular complexity index is 1640. The van der Waals surface area contributed by atoms with E-state index in [1.807, 2.05) is 0 Å². The van der Waals surface area contributed by atoms with Gasteiger partial charge in [-0.15, -0.1) is 0 Å². The molecule has 0 fully saturated rings. The number of benzene rings is 3. The molecule has 6 nitrogen and oxygen atoms in total. The largest absolute Gasteiger partial charge is 0.484 e. The van der Waals surface area contributed by atoms with Gasteiger partial charge in [0.15, 0.2) is 6.61 Å². The van der Waals surface area contributed by atoms with E-state index in [2.05, 4.69) is 5.32 Å². The van der Waals surface area contributed by atoms with Gasteiger partial charge in [0.2, 0.25) is 11.2 Å². The SMILES string of the molecule is Cc1cc(Oc2c(C(F)(F)F)oc3cc(OCC(=O)Nc4ccccc4C(F)(F)F)ccc3c2=O)cc(C)c1Cl. The van der Waals surface area contributed by atoms with E-state index in [1.54, 1.807) is 13.8 Å². The summed E-state index contributed by atoms with van der Waals surface area (Å²) in [6, 6.07) is 10.3. The minimum atomic E-state index is -5.12. The standard InChI is InChI=1S/C27H18ClF6NO5/c1-13-9-16(10-14(2)22(13)28)39-24-23(37)17-8-7-15(11-20(17)40-25(24)27(32,33)34)38-12-21(36)35-19-6-4-3-5-18(19)26(29,30)31/h3-11H,12H2,1-2H3,(H,35,36). The molecule has 1 heterocycles. The van der Waals surface area contributed by atoms with Crippen LogP contribution in [-0.2, 0) is 17.1 Å². The highest BCUT2D eigenvalue weighted by atomic mass is 35.5. The second kappa shape index (κ2) is 10.8. The lowest BCUT2D eigenvalue weighted by Crippen LogP contribution is -2.22. The molecule has 210 valence electrons. The lowest BCUT2D eigenvalue weighted by Gasteiger charge is -2.15. The zero-order valence-electron chi connectivity index (χ0n) is 20.6. The first-order valence-electron chi connectivity index (χ1n) is 11.4. The third-order valence-corrected chi connectivity index (χ3v) is 6.18. The summed E-state index contributed by atoms with van der Waals surface area (Å²) >= 11 is 6.09. The van der Waals surface area contributed by atoms with Crippen LogP contribution in [0.25, 0.3) is 11.0 Å². The van der Waals surface area contributed by atoms with Crippen LogP contribution < -0.4 is 20.2 Å². The average molecular weight is 586 g/mol. The molecule has 0 aliphatic rings. The van der Waals surface area contributed by atoms with Crippen LogP contribution in [0.3, 0.4) is 0 Å². The Kier molecular flexibility index (Phi) is 7.75.